The van der Waals surface area contributed by atoms with Gasteiger partial charge in [-0.25, -0.2) is 0 Å². The Morgan fingerprint density at radius 2 is 1.14 bits per heavy atom. The zero-order chi connectivity index (χ0) is 32.6. The summed E-state index contributed by atoms with van der Waals surface area (Å²) >= 11 is 3.67. The van der Waals surface area contributed by atoms with Crippen LogP contribution in [0, 0.1) is 22.7 Å². The Hall–Kier alpha value is -6.24. The van der Waals surface area contributed by atoms with Crippen molar-refractivity contribution in [2.24, 2.45) is 0 Å². The highest BCUT2D eigenvalue weighted by Crippen LogP contribution is 2.47. The van der Waals surface area contributed by atoms with E-state index in [1.54, 1.807) is 0 Å². The molecule has 0 N–H and O–H groups in total. The lowest BCUT2D eigenvalue weighted by atomic mass is 9.97. The normalized spacial score (nSPS) is 11.6. The van der Waals surface area contributed by atoms with Gasteiger partial charge in [-0.1, -0.05) is 78.9 Å². The van der Waals surface area contributed by atoms with Crippen molar-refractivity contribution < 1.29 is 0 Å². The molecule has 0 aliphatic rings. The number of benzene rings is 7. The van der Waals surface area contributed by atoms with Crippen LogP contribution in [0.2, 0.25) is 0 Å². The molecule has 0 aliphatic heterocycles. The van der Waals surface area contributed by atoms with Crippen molar-refractivity contribution in [3.05, 3.63) is 151 Å². The van der Waals surface area contributed by atoms with E-state index in [9.17, 15) is 10.5 Å². The minimum absolute atomic E-state index is 0.641. The Balaban J connectivity index is 1.22. The first-order chi connectivity index (χ1) is 24.2. The molecule has 0 saturated heterocycles. The first-order valence-corrected chi connectivity index (χ1v) is 17.7. The third-order valence-electron chi connectivity index (χ3n) is 9.67. The maximum atomic E-state index is 10.4. The highest BCUT2D eigenvalue weighted by molar-refractivity contribution is 7.29. The number of thiophene rings is 2. The zero-order valence-electron chi connectivity index (χ0n) is 25.9. The second-order valence-corrected chi connectivity index (χ2v) is 14.5. The number of nitriles is 2. The maximum Gasteiger partial charge on any atom is 0.101 e. The Kier molecular flexibility index (Phi) is 6.04. The van der Waals surface area contributed by atoms with Gasteiger partial charge in [0.1, 0.15) is 6.07 Å². The highest BCUT2D eigenvalue weighted by atomic mass is 32.1. The zero-order valence-corrected chi connectivity index (χ0v) is 27.6. The molecule has 0 bridgehead atoms. The van der Waals surface area contributed by atoms with Gasteiger partial charge in [0, 0.05) is 56.7 Å². The van der Waals surface area contributed by atoms with Crippen LogP contribution in [0.5, 0.6) is 0 Å². The fourth-order valence-corrected chi connectivity index (χ4v) is 9.88. The van der Waals surface area contributed by atoms with Crippen molar-refractivity contribution in [2.75, 3.05) is 0 Å². The third kappa shape index (κ3) is 4.11. The number of hydrogen-bond donors (Lipinski definition) is 0. The summed E-state index contributed by atoms with van der Waals surface area (Å²) < 4.78 is 7.30. The molecule has 0 fully saturated rings. The van der Waals surface area contributed by atoms with Crippen molar-refractivity contribution in [1.82, 2.24) is 4.57 Å². The first kappa shape index (κ1) is 27.8. The third-order valence-corrected chi connectivity index (χ3v) is 12.0. The summed E-state index contributed by atoms with van der Waals surface area (Å²) in [6.45, 7) is 0. The van der Waals surface area contributed by atoms with Gasteiger partial charge in [0.2, 0.25) is 0 Å². The molecule has 10 rings (SSSR count). The molecule has 49 heavy (non-hydrogen) atoms. The maximum absolute atomic E-state index is 10.4. The summed E-state index contributed by atoms with van der Waals surface area (Å²) in [6, 6.07) is 53.5. The van der Waals surface area contributed by atoms with Crippen molar-refractivity contribution in [3.8, 4) is 40.1 Å². The number of para-hydroxylation sites is 3. The van der Waals surface area contributed by atoms with E-state index in [-0.39, 0.29) is 0 Å². The van der Waals surface area contributed by atoms with Crippen LogP contribution >= 0.6 is 22.7 Å². The van der Waals surface area contributed by atoms with E-state index >= 15 is 0 Å². The van der Waals surface area contributed by atoms with Crippen LogP contribution < -0.4 is 0 Å². The topological polar surface area (TPSA) is 52.5 Å². The average molecular weight is 658 g/mol. The fourth-order valence-electron chi connectivity index (χ4n) is 7.48. The predicted molar refractivity (Wildman–Crippen MR) is 207 cm³/mol. The molecule has 0 amide bonds. The Morgan fingerprint density at radius 1 is 0.469 bits per heavy atom. The summed E-state index contributed by atoms with van der Waals surface area (Å²) in [5.41, 5.74) is 8.64. The Bertz CT molecular complexity index is 3030. The molecule has 0 saturated carbocycles. The van der Waals surface area contributed by atoms with Gasteiger partial charge in [-0.2, -0.15) is 10.5 Å². The van der Waals surface area contributed by atoms with Crippen LogP contribution in [0.3, 0.4) is 0 Å². The van der Waals surface area contributed by atoms with Crippen LogP contribution in [0.4, 0.5) is 0 Å². The van der Waals surface area contributed by atoms with Crippen LogP contribution in [0.25, 0.3) is 90.1 Å². The number of rotatable bonds is 3. The molecule has 0 unspecified atom stereocenters. The monoisotopic (exact) mass is 657 g/mol. The molecule has 0 spiro atoms. The molecule has 7 aromatic carbocycles. The molecule has 3 aromatic heterocycles. The lowest BCUT2D eigenvalue weighted by Gasteiger charge is -2.16. The number of hydrogen-bond acceptors (Lipinski definition) is 4. The fraction of sp³-hybridized carbons (Fsp3) is 0. The SMILES string of the molecule is N#Cc1cccc(-c2ccc3sc4c(ccc5sc6ccc(-c7cccc(C#N)c7-n7c8ccccc8c8ccccc87)cc6c54)c3c2)c1. The Labute approximate surface area is 289 Å². The van der Waals surface area contributed by atoms with E-state index in [0.717, 1.165) is 39.0 Å². The first-order valence-electron chi connectivity index (χ1n) is 16.0. The quantitative estimate of drug-likeness (QED) is 0.190. The molecule has 226 valence electrons. The van der Waals surface area contributed by atoms with Crippen molar-refractivity contribution >= 4 is 84.8 Å². The van der Waals surface area contributed by atoms with E-state index in [1.807, 2.05) is 53.0 Å². The summed E-state index contributed by atoms with van der Waals surface area (Å²) in [7, 11) is 0. The van der Waals surface area contributed by atoms with Gasteiger partial charge in [0.05, 0.1) is 33.9 Å². The Morgan fingerprint density at radius 3 is 1.92 bits per heavy atom. The van der Waals surface area contributed by atoms with Crippen molar-refractivity contribution in [3.63, 3.8) is 0 Å². The molecule has 10 aromatic rings. The standard InChI is InChI=1S/C44H23N3S2/c45-24-26-7-5-8-27(21-26)28-15-18-39-35(22-28)34-17-20-41-42(44(34)49-39)36-23-29(16-19-40(36)48-41)31-12-6-9-30(25-46)43(31)47-37-13-3-1-10-32(37)33-11-2-4-14-38(33)47/h1-23H. The minimum atomic E-state index is 0.641. The van der Waals surface area contributed by atoms with E-state index in [1.165, 1.54) is 51.1 Å². The molecule has 5 heteroatoms. The van der Waals surface area contributed by atoms with Gasteiger partial charge in [-0.05, 0) is 77.4 Å². The van der Waals surface area contributed by atoms with Crippen LogP contribution in [-0.2, 0) is 0 Å². The van der Waals surface area contributed by atoms with Crippen molar-refractivity contribution in [2.45, 2.75) is 0 Å². The molecule has 3 nitrogen and oxygen atoms in total. The summed E-state index contributed by atoms with van der Waals surface area (Å²) in [4.78, 5) is 0. The molecule has 0 atom stereocenters. The van der Waals surface area contributed by atoms with Gasteiger partial charge >= 0.3 is 0 Å². The van der Waals surface area contributed by atoms with E-state index in [2.05, 4.69) is 126 Å². The lowest BCUT2D eigenvalue weighted by Crippen LogP contribution is -2.00. The second-order valence-electron chi connectivity index (χ2n) is 12.3. The van der Waals surface area contributed by atoms with E-state index in [0.29, 0.717) is 11.1 Å². The number of nitrogens with zero attached hydrogens (tertiary/aromatic N) is 3. The second kappa shape index (κ2) is 10.6. The molecule has 0 aliphatic carbocycles. The van der Waals surface area contributed by atoms with Gasteiger partial charge in [-0.15, -0.1) is 22.7 Å². The average Bonchev–Trinajstić information content (AvgIpc) is 3.83. The smallest absolute Gasteiger partial charge is 0.101 e. The summed E-state index contributed by atoms with van der Waals surface area (Å²) in [5.74, 6) is 0. The van der Waals surface area contributed by atoms with Crippen molar-refractivity contribution in [1.29, 1.82) is 10.5 Å². The van der Waals surface area contributed by atoms with E-state index < -0.39 is 0 Å². The molecule has 3 heterocycles. The van der Waals surface area contributed by atoms with E-state index in [4.69, 9.17) is 0 Å². The summed E-state index contributed by atoms with van der Waals surface area (Å²) in [5, 5.41) is 27.2. The van der Waals surface area contributed by atoms with Crippen LogP contribution in [-0.4, -0.2) is 4.57 Å². The largest absolute Gasteiger partial charge is 0.307 e. The van der Waals surface area contributed by atoms with Crippen LogP contribution in [0.1, 0.15) is 11.1 Å². The summed E-state index contributed by atoms with van der Waals surface area (Å²) in [6.07, 6.45) is 0. The van der Waals surface area contributed by atoms with Gasteiger partial charge in [0.25, 0.3) is 0 Å². The minimum Gasteiger partial charge on any atom is -0.307 e. The number of fused-ring (bicyclic) bond motifs is 10. The van der Waals surface area contributed by atoms with Crippen LogP contribution in [0.15, 0.2) is 140 Å². The molecule has 0 radical (unpaired) electrons. The molecular weight excluding hydrogens is 635 g/mol. The van der Waals surface area contributed by atoms with Gasteiger partial charge in [0.15, 0.2) is 0 Å². The predicted octanol–water partition coefficient (Wildman–Crippen LogP) is 12.6. The van der Waals surface area contributed by atoms with Gasteiger partial charge < -0.3 is 4.57 Å². The highest BCUT2D eigenvalue weighted by Gasteiger charge is 2.20. The number of aromatic nitrogens is 1. The van der Waals surface area contributed by atoms with Gasteiger partial charge in [-0.3, -0.25) is 0 Å². The lowest BCUT2D eigenvalue weighted by molar-refractivity contribution is 1.17. The molecular formula is C44H23N3S2.